The Labute approximate surface area is 76.3 Å². The first-order valence-electron chi connectivity index (χ1n) is 5.17. The highest BCUT2D eigenvalue weighted by molar-refractivity contribution is 4.82. The predicted molar refractivity (Wildman–Crippen MR) is 53.3 cm³/mol. The molecule has 0 aliphatic carbocycles. The number of nitrogens with one attached hydrogen (secondary N) is 1. The van der Waals surface area contributed by atoms with Crippen LogP contribution in [0.25, 0.3) is 0 Å². The van der Waals surface area contributed by atoms with E-state index >= 15 is 0 Å². The molecular weight excluding hydrogens is 148 g/mol. The topological polar surface area (TPSA) is 15.3 Å². The van der Waals surface area contributed by atoms with Gasteiger partial charge in [0.1, 0.15) is 0 Å². The van der Waals surface area contributed by atoms with E-state index in [1.165, 1.54) is 26.1 Å². The molecule has 1 saturated heterocycles. The zero-order valence-corrected chi connectivity index (χ0v) is 8.64. The highest BCUT2D eigenvalue weighted by Crippen LogP contribution is 2.23. The molecule has 0 radical (unpaired) electrons. The Morgan fingerprint density at radius 3 is 2.50 bits per heavy atom. The van der Waals surface area contributed by atoms with Crippen LogP contribution in [0.1, 0.15) is 20.3 Å². The van der Waals surface area contributed by atoms with Gasteiger partial charge in [-0.25, -0.2) is 0 Å². The first-order valence-corrected chi connectivity index (χ1v) is 5.17. The van der Waals surface area contributed by atoms with E-state index in [0.29, 0.717) is 0 Å². The van der Waals surface area contributed by atoms with Crippen molar-refractivity contribution < 1.29 is 0 Å². The van der Waals surface area contributed by atoms with Crippen LogP contribution in [-0.2, 0) is 0 Å². The van der Waals surface area contributed by atoms with E-state index < -0.39 is 0 Å². The third-order valence-electron chi connectivity index (χ3n) is 2.94. The standard InChI is InChI=1S/C10H22N2/c1-4-9-7-12(3)8-10(9)6-11-5-2/h9-11H,4-8H2,1-3H3/t9-,10+/m1/s1. The number of nitrogens with zero attached hydrogens (tertiary/aromatic N) is 1. The summed E-state index contributed by atoms with van der Waals surface area (Å²) in [6.07, 6.45) is 1.33. The monoisotopic (exact) mass is 170 g/mol. The van der Waals surface area contributed by atoms with Crippen LogP contribution >= 0.6 is 0 Å². The summed E-state index contributed by atoms with van der Waals surface area (Å²) in [5, 5.41) is 3.45. The molecule has 2 heteroatoms. The van der Waals surface area contributed by atoms with Gasteiger partial charge in [0, 0.05) is 13.1 Å². The van der Waals surface area contributed by atoms with Gasteiger partial charge < -0.3 is 10.2 Å². The summed E-state index contributed by atoms with van der Waals surface area (Å²) in [6, 6.07) is 0. The van der Waals surface area contributed by atoms with E-state index in [2.05, 4.69) is 31.1 Å². The molecule has 0 aromatic rings. The van der Waals surface area contributed by atoms with Crippen LogP contribution in [0.4, 0.5) is 0 Å². The molecule has 0 amide bonds. The minimum Gasteiger partial charge on any atom is -0.317 e. The van der Waals surface area contributed by atoms with Gasteiger partial charge in [0.25, 0.3) is 0 Å². The molecular formula is C10H22N2. The molecule has 1 fully saturated rings. The van der Waals surface area contributed by atoms with Gasteiger partial charge in [-0.15, -0.1) is 0 Å². The SMILES string of the molecule is CCNC[C@H]1CN(C)C[C@H]1CC. The van der Waals surface area contributed by atoms with Crippen LogP contribution < -0.4 is 5.32 Å². The fraction of sp³-hybridized carbons (Fsp3) is 1.00. The second-order valence-corrected chi connectivity index (χ2v) is 3.96. The molecule has 2 atom stereocenters. The van der Waals surface area contributed by atoms with Gasteiger partial charge in [-0.2, -0.15) is 0 Å². The maximum atomic E-state index is 3.45. The van der Waals surface area contributed by atoms with Crippen molar-refractivity contribution in [2.45, 2.75) is 20.3 Å². The Hall–Kier alpha value is -0.0800. The molecule has 0 aromatic carbocycles. The summed E-state index contributed by atoms with van der Waals surface area (Å²) in [4.78, 5) is 2.45. The number of hydrogen-bond donors (Lipinski definition) is 1. The van der Waals surface area contributed by atoms with Crippen LogP contribution in [0.15, 0.2) is 0 Å². The summed E-state index contributed by atoms with van der Waals surface area (Å²) < 4.78 is 0. The third-order valence-corrected chi connectivity index (χ3v) is 2.94. The molecule has 72 valence electrons. The molecule has 1 heterocycles. The van der Waals surface area contributed by atoms with Crippen molar-refractivity contribution in [1.29, 1.82) is 0 Å². The van der Waals surface area contributed by atoms with Crippen molar-refractivity contribution in [1.82, 2.24) is 10.2 Å². The van der Waals surface area contributed by atoms with Crippen molar-refractivity contribution in [3.63, 3.8) is 0 Å². The third kappa shape index (κ3) is 2.46. The number of rotatable bonds is 4. The van der Waals surface area contributed by atoms with Crippen LogP contribution in [0.3, 0.4) is 0 Å². The highest BCUT2D eigenvalue weighted by atomic mass is 15.1. The van der Waals surface area contributed by atoms with E-state index in [9.17, 15) is 0 Å². The van der Waals surface area contributed by atoms with Crippen molar-refractivity contribution in [3.8, 4) is 0 Å². The van der Waals surface area contributed by atoms with Crippen LogP contribution in [0, 0.1) is 11.8 Å². The van der Waals surface area contributed by atoms with Crippen molar-refractivity contribution in [3.05, 3.63) is 0 Å². The molecule has 12 heavy (non-hydrogen) atoms. The zero-order chi connectivity index (χ0) is 8.97. The highest BCUT2D eigenvalue weighted by Gasteiger charge is 2.28. The van der Waals surface area contributed by atoms with Gasteiger partial charge in [0.05, 0.1) is 0 Å². The summed E-state index contributed by atoms with van der Waals surface area (Å²) in [5.74, 6) is 1.81. The molecule has 2 nitrogen and oxygen atoms in total. The smallest absolute Gasteiger partial charge is 0.00220 e. The van der Waals surface area contributed by atoms with Gasteiger partial charge in [0.2, 0.25) is 0 Å². The maximum Gasteiger partial charge on any atom is 0.00220 e. The number of likely N-dealkylation sites (tertiary alicyclic amines) is 1. The number of hydrogen-bond acceptors (Lipinski definition) is 2. The van der Waals surface area contributed by atoms with Crippen LogP contribution in [0.5, 0.6) is 0 Å². The van der Waals surface area contributed by atoms with Gasteiger partial charge in [-0.1, -0.05) is 20.3 Å². The normalized spacial score (nSPS) is 31.2. The van der Waals surface area contributed by atoms with Gasteiger partial charge in [-0.05, 0) is 32.0 Å². The van der Waals surface area contributed by atoms with Gasteiger partial charge in [-0.3, -0.25) is 0 Å². The lowest BCUT2D eigenvalue weighted by Gasteiger charge is -2.16. The Bertz CT molecular complexity index is 125. The lowest BCUT2D eigenvalue weighted by Crippen LogP contribution is -2.27. The molecule has 0 spiro atoms. The Morgan fingerprint density at radius 2 is 1.92 bits per heavy atom. The average Bonchev–Trinajstić information content (AvgIpc) is 2.42. The molecule has 0 unspecified atom stereocenters. The molecule has 1 rings (SSSR count). The molecule has 0 saturated carbocycles. The average molecular weight is 170 g/mol. The molecule has 1 N–H and O–H groups in total. The lowest BCUT2D eigenvalue weighted by atomic mass is 9.94. The van der Waals surface area contributed by atoms with E-state index in [0.717, 1.165) is 18.4 Å². The molecule has 0 bridgehead atoms. The second-order valence-electron chi connectivity index (χ2n) is 3.96. The Morgan fingerprint density at radius 1 is 1.25 bits per heavy atom. The molecule has 1 aliphatic rings. The first kappa shape index (κ1) is 10.0. The summed E-state index contributed by atoms with van der Waals surface area (Å²) in [5.41, 5.74) is 0. The maximum absolute atomic E-state index is 3.45. The van der Waals surface area contributed by atoms with Crippen LogP contribution in [-0.4, -0.2) is 38.1 Å². The van der Waals surface area contributed by atoms with Crippen molar-refractivity contribution in [2.24, 2.45) is 11.8 Å². The zero-order valence-electron chi connectivity index (χ0n) is 8.64. The van der Waals surface area contributed by atoms with Crippen molar-refractivity contribution in [2.75, 3.05) is 33.2 Å². The van der Waals surface area contributed by atoms with E-state index in [-0.39, 0.29) is 0 Å². The van der Waals surface area contributed by atoms with Crippen molar-refractivity contribution >= 4 is 0 Å². The Kier molecular flexibility index (Phi) is 4.02. The fourth-order valence-electron chi connectivity index (χ4n) is 2.20. The Balaban J connectivity index is 2.30. The second kappa shape index (κ2) is 4.83. The van der Waals surface area contributed by atoms with Gasteiger partial charge >= 0.3 is 0 Å². The largest absolute Gasteiger partial charge is 0.317 e. The quantitative estimate of drug-likeness (QED) is 0.681. The van der Waals surface area contributed by atoms with Crippen LogP contribution in [0.2, 0.25) is 0 Å². The molecule has 1 aliphatic heterocycles. The van der Waals surface area contributed by atoms with Gasteiger partial charge in [0.15, 0.2) is 0 Å². The van der Waals surface area contributed by atoms with E-state index in [1.54, 1.807) is 0 Å². The minimum atomic E-state index is 0.889. The first-order chi connectivity index (χ1) is 5.77. The fourth-order valence-corrected chi connectivity index (χ4v) is 2.20. The summed E-state index contributed by atoms with van der Waals surface area (Å²) >= 11 is 0. The minimum absolute atomic E-state index is 0.889. The summed E-state index contributed by atoms with van der Waals surface area (Å²) in [7, 11) is 2.23. The van der Waals surface area contributed by atoms with E-state index in [4.69, 9.17) is 0 Å². The lowest BCUT2D eigenvalue weighted by molar-refractivity contribution is 0.387. The molecule has 0 aromatic heterocycles. The predicted octanol–water partition coefficient (Wildman–Crippen LogP) is 1.18. The van der Waals surface area contributed by atoms with E-state index in [1.807, 2.05) is 0 Å². The summed E-state index contributed by atoms with van der Waals surface area (Å²) in [6.45, 7) is 9.39.